The summed E-state index contributed by atoms with van der Waals surface area (Å²) >= 11 is 6.07. The highest BCUT2D eigenvalue weighted by atomic mass is 35.5. The summed E-state index contributed by atoms with van der Waals surface area (Å²) in [7, 11) is 2.07. The number of rotatable bonds is 2. The van der Waals surface area contributed by atoms with Crippen LogP contribution >= 0.6 is 11.6 Å². The molecule has 19 heavy (non-hydrogen) atoms. The van der Waals surface area contributed by atoms with Crippen LogP contribution in [0.4, 0.5) is 4.79 Å². The quantitative estimate of drug-likeness (QED) is 0.901. The second-order valence-electron chi connectivity index (χ2n) is 5.03. The van der Waals surface area contributed by atoms with Crippen molar-refractivity contribution >= 4 is 17.6 Å². The minimum atomic E-state index is 0.00444. The maximum Gasteiger partial charge on any atom is 0.317 e. The number of carbonyl (C=O) groups is 1. The molecule has 104 valence electrons. The Morgan fingerprint density at radius 3 is 2.63 bits per heavy atom. The smallest absolute Gasteiger partial charge is 0.317 e. The van der Waals surface area contributed by atoms with Crippen LogP contribution in [0.1, 0.15) is 11.1 Å². The molecule has 0 spiro atoms. The normalized spacial score (nSPS) is 16.5. The molecule has 1 heterocycles. The van der Waals surface area contributed by atoms with Gasteiger partial charge in [-0.25, -0.2) is 4.79 Å². The second-order valence-corrected chi connectivity index (χ2v) is 5.44. The van der Waals surface area contributed by atoms with Crippen molar-refractivity contribution in [1.29, 1.82) is 0 Å². The third-order valence-corrected chi connectivity index (χ3v) is 3.88. The molecule has 0 saturated carbocycles. The molecule has 2 rings (SSSR count). The highest BCUT2D eigenvalue weighted by Crippen LogP contribution is 2.16. The van der Waals surface area contributed by atoms with Crippen molar-refractivity contribution < 1.29 is 4.79 Å². The van der Waals surface area contributed by atoms with Crippen molar-refractivity contribution in [3.63, 3.8) is 0 Å². The van der Waals surface area contributed by atoms with E-state index in [0.29, 0.717) is 6.54 Å². The van der Waals surface area contributed by atoms with Crippen LogP contribution in [0.25, 0.3) is 0 Å². The Labute approximate surface area is 119 Å². The molecule has 2 amide bonds. The Bertz CT molecular complexity index is 456. The summed E-state index contributed by atoms with van der Waals surface area (Å²) in [5.74, 6) is 0. The molecular formula is C14H20ClN3O. The van der Waals surface area contributed by atoms with Gasteiger partial charge in [0, 0.05) is 37.7 Å². The number of hydrogen-bond donors (Lipinski definition) is 1. The third-order valence-electron chi connectivity index (χ3n) is 3.47. The fourth-order valence-electron chi connectivity index (χ4n) is 2.05. The Morgan fingerprint density at radius 1 is 1.32 bits per heavy atom. The lowest BCUT2D eigenvalue weighted by Gasteiger charge is -2.32. The van der Waals surface area contributed by atoms with Crippen LogP contribution in [0.3, 0.4) is 0 Å². The maximum absolute atomic E-state index is 12.0. The summed E-state index contributed by atoms with van der Waals surface area (Å²) in [6.45, 7) is 5.93. The average Bonchev–Trinajstić information content (AvgIpc) is 2.40. The van der Waals surface area contributed by atoms with Crippen LogP contribution in [-0.2, 0) is 6.54 Å². The van der Waals surface area contributed by atoms with Crippen molar-refractivity contribution in [2.24, 2.45) is 0 Å². The van der Waals surface area contributed by atoms with Gasteiger partial charge in [-0.15, -0.1) is 0 Å². The summed E-state index contributed by atoms with van der Waals surface area (Å²) in [5.41, 5.74) is 2.08. The van der Waals surface area contributed by atoms with Gasteiger partial charge in [-0.05, 0) is 31.2 Å². The molecule has 5 heteroatoms. The van der Waals surface area contributed by atoms with E-state index in [-0.39, 0.29) is 6.03 Å². The van der Waals surface area contributed by atoms with Crippen LogP contribution in [0, 0.1) is 6.92 Å². The Hall–Kier alpha value is -1.26. The molecule has 0 aromatic heterocycles. The lowest BCUT2D eigenvalue weighted by molar-refractivity contribution is 0.154. The Kier molecular flexibility index (Phi) is 4.66. The van der Waals surface area contributed by atoms with Crippen molar-refractivity contribution in [1.82, 2.24) is 15.1 Å². The van der Waals surface area contributed by atoms with Crippen molar-refractivity contribution in [2.75, 3.05) is 33.2 Å². The first-order valence-corrected chi connectivity index (χ1v) is 6.90. The van der Waals surface area contributed by atoms with Crippen LogP contribution in [0.2, 0.25) is 5.02 Å². The summed E-state index contributed by atoms with van der Waals surface area (Å²) in [4.78, 5) is 16.1. The van der Waals surface area contributed by atoms with E-state index in [4.69, 9.17) is 11.6 Å². The van der Waals surface area contributed by atoms with E-state index in [1.807, 2.05) is 30.0 Å². The zero-order valence-corrected chi connectivity index (χ0v) is 12.2. The van der Waals surface area contributed by atoms with E-state index >= 15 is 0 Å². The van der Waals surface area contributed by atoms with Gasteiger partial charge in [0.15, 0.2) is 0 Å². The molecule has 4 nitrogen and oxygen atoms in total. The fourth-order valence-corrected chi connectivity index (χ4v) is 2.25. The molecule has 0 unspecified atom stereocenters. The predicted octanol–water partition coefficient (Wildman–Crippen LogP) is 2.11. The van der Waals surface area contributed by atoms with Gasteiger partial charge < -0.3 is 15.1 Å². The fraction of sp³-hybridized carbons (Fsp3) is 0.500. The number of carbonyl (C=O) groups excluding carboxylic acids is 1. The number of halogens is 1. The molecule has 1 aromatic rings. The SMILES string of the molecule is Cc1ccc(CNC(=O)N2CCN(C)CC2)cc1Cl. The standard InChI is InChI=1S/C14H20ClN3O/c1-11-3-4-12(9-13(11)15)10-16-14(19)18-7-5-17(2)6-8-18/h3-4,9H,5-8,10H2,1-2H3,(H,16,19). The van der Waals surface area contributed by atoms with Gasteiger partial charge in [0.25, 0.3) is 0 Å². The van der Waals surface area contributed by atoms with Crippen LogP contribution in [0.5, 0.6) is 0 Å². The third kappa shape index (κ3) is 3.85. The summed E-state index contributed by atoms with van der Waals surface area (Å²) in [6.07, 6.45) is 0. The molecule has 0 atom stereocenters. The minimum Gasteiger partial charge on any atom is -0.334 e. The van der Waals surface area contributed by atoms with E-state index in [1.54, 1.807) is 0 Å². The Morgan fingerprint density at radius 2 is 2.00 bits per heavy atom. The molecule has 0 radical (unpaired) electrons. The number of nitrogens with one attached hydrogen (secondary N) is 1. The van der Waals surface area contributed by atoms with Crippen LogP contribution in [-0.4, -0.2) is 49.1 Å². The zero-order chi connectivity index (χ0) is 13.8. The molecule has 1 aromatic carbocycles. The van der Waals surface area contributed by atoms with Crippen molar-refractivity contribution in [3.05, 3.63) is 34.3 Å². The first-order chi connectivity index (χ1) is 9.06. The van der Waals surface area contributed by atoms with E-state index in [9.17, 15) is 4.79 Å². The number of urea groups is 1. The van der Waals surface area contributed by atoms with E-state index in [0.717, 1.165) is 42.3 Å². The van der Waals surface area contributed by atoms with E-state index in [2.05, 4.69) is 17.3 Å². The van der Waals surface area contributed by atoms with Gasteiger partial charge in [0.05, 0.1) is 0 Å². The largest absolute Gasteiger partial charge is 0.334 e. The van der Waals surface area contributed by atoms with Crippen LogP contribution < -0.4 is 5.32 Å². The van der Waals surface area contributed by atoms with Gasteiger partial charge in [-0.1, -0.05) is 23.7 Å². The monoisotopic (exact) mass is 281 g/mol. The number of piperazine rings is 1. The molecule has 0 bridgehead atoms. The lowest BCUT2D eigenvalue weighted by atomic mass is 10.1. The first-order valence-electron chi connectivity index (χ1n) is 6.52. The minimum absolute atomic E-state index is 0.00444. The average molecular weight is 282 g/mol. The summed E-state index contributed by atoms with van der Waals surface area (Å²) in [6, 6.07) is 5.87. The number of nitrogens with zero attached hydrogens (tertiary/aromatic N) is 2. The van der Waals surface area contributed by atoms with E-state index in [1.165, 1.54) is 0 Å². The summed E-state index contributed by atoms with van der Waals surface area (Å²) < 4.78 is 0. The molecule has 1 saturated heterocycles. The molecule has 1 aliphatic rings. The number of likely N-dealkylation sites (N-methyl/N-ethyl adjacent to an activating group) is 1. The number of hydrogen-bond acceptors (Lipinski definition) is 2. The predicted molar refractivity (Wildman–Crippen MR) is 77.5 cm³/mol. The second kappa shape index (κ2) is 6.26. The lowest BCUT2D eigenvalue weighted by Crippen LogP contribution is -2.50. The Balaban J connectivity index is 1.84. The van der Waals surface area contributed by atoms with Gasteiger partial charge >= 0.3 is 6.03 Å². The van der Waals surface area contributed by atoms with Crippen molar-refractivity contribution in [2.45, 2.75) is 13.5 Å². The molecular weight excluding hydrogens is 262 g/mol. The highest BCUT2D eigenvalue weighted by molar-refractivity contribution is 6.31. The molecule has 1 N–H and O–H groups in total. The molecule has 1 aliphatic heterocycles. The first kappa shape index (κ1) is 14.2. The summed E-state index contributed by atoms with van der Waals surface area (Å²) in [5, 5.41) is 3.68. The van der Waals surface area contributed by atoms with Crippen molar-refractivity contribution in [3.8, 4) is 0 Å². The number of aryl methyl sites for hydroxylation is 1. The number of amides is 2. The van der Waals surface area contributed by atoms with Gasteiger partial charge in [-0.2, -0.15) is 0 Å². The highest BCUT2D eigenvalue weighted by Gasteiger charge is 2.18. The van der Waals surface area contributed by atoms with E-state index < -0.39 is 0 Å². The topological polar surface area (TPSA) is 35.6 Å². The maximum atomic E-state index is 12.0. The molecule has 1 fully saturated rings. The van der Waals surface area contributed by atoms with Crippen LogP contribution in [0.15, 0.2) is 18.2 Å². The zero-order valence-electron chi connectivity index (χ0n) is 11.4. The van der Waals surface area contributed by atoms with Gasteiger partial charge in [0.2, 0.25) is 0 Å². The van der Waals surface area contributed by atoms with Gasteiger partial charge in [-0.3, -0.25) is 0 Å². The number of benzene rings is 1. The molecule has 0 aliphatic carbocycles. The van der Waals surface area contributed by atoms with Gasteiger partial charge in [0.1, 0.15) is 0 Å².